The Morgan fingerprint density at radius 2 is 1.95 bits per heavy atom. The number of methoxy groups -OCH3 is 1. The Balaban J connectivity index is 2.41. The monoisotopic (exact) mass is 273 g/mol. The number of hydrogen-bond donors (Lipinski definition) is 3. The number of hydrogen-bond acceptors (Lipinski definition) is 4. The van der Waals surface area contributed by atoms with Crippen LogP contribution >= 0.6 is 0 Å². The lowest BCUT2D eigenvalue weighted by atomic mass is 9.79. The molecule has 0 heterocycles. The normalized spacial score (nSPS) is 19.1. The van der Waals surface area contributed by atoms with E-state index in [1.807, 2.05) is 0 Å². The molecule has 1 unspecified atom stereocenters. The van der Waals surface area contributed by atoms with E-state index >= 15 is 0 Å². The number of carboxylic acid groups (broad SMARTS) is 1. The van der Waals surface area contributed by atoms with Crippen molar-refractivity contribution < 1.29 is 24.5 Å². The van der Waals surface area contributed by atoms with E-state index in [9.17, 15) is 14.7 Å². The van der Waals surface area contributed by atoms with Crippen LogP contribution < -0.4 is 5.32 Å². The van der Waals surface area contributed by atoms with Crippen molar-refractivity contribution in [1.29, 1.82) is 0 Å². The van der Waals surface area contributed by atoms with Gasteiger partial charge in [0.05, 0.1) is 19.1 Å². The highest BCUT2D eigenvalue weighted by molar-refractivity contribution is 5.78. The summed E-state index contributed by atoms with van der Waals surface area (Å²) in [5.41, 5.74) is -0.401. The summed E-state index contributed by atoms with van der Waals surface area (Å²) in [6.45, 7) is 0.302. The summed E-state index contributed by atoms with van der Waals surface area (Å²) in [4.78, 5) is 22.7. The molecule has 0 aliphatic heterocycles. The lowest BCUT2D eigenvalue weighted by molar-refractivity contribution is -0.140. The molecule has 0 spiro atoms. The highest BCUT2D eigenvalue weighted by atomic mass is 16.5. The molecular formula is C13H23NO5. The number of rotatable bonds is 8. The minimum atomic E-state index is -0.853. The van der Waals surface area contributed by atoms with Gasteiger partial charge in [-0.05, 0) is 18.3 Å². The topological polar surface area (TPSA) is 95.9 Å². The lowest BCUT2D eigenvalue weighted by Crippen LogP contribution is -2.37. The standard InChI is InChI=1S/C13H23NO5/c1-19-9-10(15)8-14-11(16)6-13(7-12(17)18)4-2-3-5-13/h10,15H,2-9H2,1H3,(H,14,16)(H,17,18). The molecule has 1 atom stereocenters. The fourth-order valence-corrected chi connectivity index (χ4v) is 2.75. The average Bonchev–Trinajstić information content (AvgIpc) is 2.74. The van der Waals surface area contributed by atoms with Crippen LogP contribution in [-0.2, 0) is 14.3 Å². The zero-order chi connectivity index (χ0) is 14.3. The molecule has 1 rings (SSSR count). The first-order valence-corrected chi connectivity index (χ1v) is 6.63. The Bertz CT molecular complexity index is 312. The number of aliphatic hydroxyl groups is 1. The van der Waals surface area contributed by atoms with Crippen LogP contribution in [0, 0.1) is 5.41 Å². The maximum absolute atomic E-state index is 11.8. The molecule has 1 aliphatic carbocycles. The zero-order valence-electron chi connectivity index (χ0n) is 11.4. The van der Waals surface area contributed by atoms with Crippen LogP contribution in [0.4, 0.5) is 0 Å². The molecule has 6 heteroatoms. The SMILES string of the molecule is COCC(O)CNC(=O)CC1(CC(=O)O)CCCC1. The molecule has 0 saturated heterocycles. The van der Waals surface area contributed by atoms with Crippen LogP contribution in [0.2, 0.25) is 0 Å². The second-order valence-corrected chi connectivity index (χ2v) is 5.37. The van der Waals surface area contributed by atoms with E-state index in [0.717, 1.165) is 25.7 Å². The molecular weight excluding hydrogens is 250 g/mol. The van der Waals surface area contributed by atoms with Gasteiger partial charge in [-0.1, -0.05) is 12.8 Å². The molecule has 6 nitrogen and oxygen atoms in total. The predicted octanol–water partition coefficient (Wildman–Crippen LogP) is 0.535. The Kier molecular flexibility index (Phi) is 6.24. The summed E-state index contributed by atoms with van der Waals surface area (Å²) in [7, 11) is 1.48. The van der Waals surface area contributed by atoms with Crippen molar-refractivity contribution in [3.63, 3.8) is 0 Å². The van der Waals surface area contributed by atoms with Crippen LogP contribution in [-0.4, -0.2) is 48.5 Å². The third-order valence-corrected chi connectivity index (χ3v) is 3.62. The third kappa shape index (κ3) is 5.57. The number of carboxylic acids is 1. The number of carbonyl (C=O) groups is 2. The van der Waals surface area contributed by atoms with E-state index in [-0.39, 0.29) is 31.9 Å². The molecule has 1 aliphatic rings. The molecule has 1 saturated carbocycles. The van der Waals surface area contributed by atoms with Crippen molar-refractivity contribution in [1.82, 2.24) is 5.32 Å². The van der Waals surface area contributed by atoms with Crippen LogP contribution in [0.25, 0.3) is 0 Å². The maximum atomic E-state index is 11.8. The molecule has 0 aromatic heterocycles. The van der Waals surface area contributed by atoms with Gasteiger partial charge < -0.3 is 20.3 Å². The Morgan fingerprint density at radius 1 is 1.32 bits per heavy atom. The summed E-state index contributed by atoms with van der Waals surface area (Å²) in [6, 6.07) is 0. The van der Waals surface area contributed by atoms with Crippen molar-refractivity contribution in [3.8, 4) is 0 Å². The molecule has 0 aromatic carbocycles. The second-order valence-electron chi connectivity index (χ2n) is 5.37. The average molecular weight is 273 g/mol. The number of nitrogens with one attached hydrogen (secondary N) is 1. The first-order chi connectivity index (χ1) is 8.97. The molecule has 1 amide bonds. The molecule has 0 radical (unpaired) electrons. The number of aliphatic hydroxyl groups excluding tert-OH is 1. The van der Waals surface area contributed by atoms with Crippen molar-refractivity contribution in [3.05, 3.63) is 0 Å². The van der Waals surface area contributed by atoms with E-state index in [1.165, 1.54) is 7.11 Å². The summed E-state index contributed by atoms with van der Waals surface area (Å²) < 4.78 is 4.76. The molecule has 0 aromatic rings. The van der Waals surface area contributed by atoms with Gasteiger partial charge in [-0.15, -0.1) is 0 Å². The Labute approximate surface area is 113 Å². The second kappa shape index (κ2) is 7.45. The van der Waals surface area contributed by atoms with E-state index in [1.54, 1.807) is 0 Å². The number of amides is 1. The molecule has 1 fully saturated rings. The van der Waals surface area contributed by atoms with Gasteiger partial charge in [-0.3, -0.25) is 9.59 Å². The van der Waals surface area contributed by atoms with Gasteiger partial charge >= 0.3 is 5.97 Å². The first-order valence-electron chi connectivity index (χ1n) is 6.63. The fourth-order valence-electron chi connectivity index (χ4n) is 2.75. The molecule has 0 bridgehead atoms. The van der Waals surface area contributed by atoms with E-state index in [2.05, 4.69) is 5.32 Å². The largest absolute Gasteiger partial charge is 0.481 e. The minimum absolute atomic E-state index is 0.0427. The van der Waals surface area contributed by atoms with Gasteiger partial charge in [0.2, 0.25) is 5.91 Å². The summed E-state index contributed by atoms with van der Waals surface area (Å²) in [5.74, 6) is -1.05. The maximum Gasteiger partial charge on any atom is 0.303 e. The van der Waals surface area contributed by atoms with E-state index < -0.39 is 17.5 Å². The first kappa shape index (κ1) is 15.9. The van der Waals surface area contributed by atoms with Gasteiger partial charge in [-0.2, -0.15) is 0 Å². The zero-order valence-corrected chi connectivity index (χ0v) is 11.4. The van der Waals surface area contributed by atoms with Gasteiger partial charge in [0.1, 0.15) is 0 Å². The van der Waals surface area contributed by atoms with Crippen molar-refractivity contribution in [2.45, 2.75) is 44.6 Å². The Hall–Kier alpha value is -1.14. The van der Waals surface area contributed by atoms with Crippen molar-refractivity contribution >= 4 is 11.9 Å². The quantitative estimate of drug-likeness (QED) is 0.599. The summed E-state index contributed by atoms with van der Waals surface area (Å²) in [5, 5.41) is 21.0. The molecule has 110 valence electrons. The van der Waals surface area contributed by atoms with Crippen LogP contribution in [0.5, 0.6) is 0 Å². The lowest BCUT2D eigenvalue weighted by Gasteiger charge is -2.26. The van der Waals surface area contributed by atoms with Crippen LogP contribution in [0.3, 0.4) is 0 Å². The van der Waals surface area contributed by atoms with Crippen LogP contribution in [0.15, 0.2) is 0 Å². The highest BCUT2D eigenvalue weighted by Gasteiger charge is 2.37. The van der Waals surface area contributed by atoms with Gasteiger partial charge in [0.15, 0.2) is 0 Å². The van der Waals surface area contributed by atoms with E-state index in [4.69, 9.17) is 9.84 Å². The van der Waals surface area contributed by atoms with Gasteiger partial charge in [0, 0.05) is 20.1 Å². The molecule has 19 heavy (non-hydrogen) atoms. The van der Waals surface area contributed by atoms with Crippen molar-refractivity contribution in [2.75, 3.05) is 20.3 Å². The molecule has 3 N–H and O–H groups in total. The minimum Gasteiger partial charge on any atom is -0.481 e. The van der Waals surface area contributed by atoms with E-state index in [0.29, 0.717) is 0 Å². The number of ether oxygens (including phenoxy) is 1. The smallest absolute Gasteiger partial charge is 0.303 e. The fraction of sp³-hybridized carbons (Fsp3) is 0.846. The van der Waals surface area contributed by atoms with Crippen molar-refractivity contribution in [2.24, 2.45) is 5.41 Å². The van der Waals surface area contributed by atoms with Gasteiger partial charge in [0.25, 0.3) is 0 Å². The van der Waals surface area contributed by atoms with Crippen LogP contribution in [0.1, 0.15) is 38.5 Å². The highest BCUT2D eigenvalue weighted by Crippen LogP contribution is 2.43. The Morgan fingerprint density at radius 3 is 2.47 bits per heavy atom. The third-order valence-electron chi connectivity index (χ3n) is 3.62. The number of carbonyl (C=O) groups excluding carboxylic acids is 1. The number of aliphatic carboxylic acids is 1. The van der Waals surface area contributed by atoms with Gasteiger partial charge in [-0.25, -0.2) is 0 Å². The summed E-state index contributed by atoms with van der Waals surface area (Å²) >= 11 is 0. The predicted molar refractivity (Wildman–Crippen MR) is 68.7 cm³/mol. The summed E-state index contributed by atoms with van der Waals surface area (Å²) in [6.07, 6.45) is 3.06.